The Balaban J connectivity index is 3.79. The van der Waals surface area contributed by atoms with Gasteiger partial charge in [0.05, 0.1) is 5.92 Å². The van der Waals surface area contributed by atoms with E-state index in [1.165, 1.54) is 0 Å². The summed E-state index contributed by atoms with van der Waals surface area (Å²) in [6, 6.07) is 0. The van der Waals surface area contributed by atoms with Crippen molar-refractivity contribution in [2.45, 2.75) is 33.1 Å². The lowest BCUT2D eigenvalue weighted by Gasteiger charge is -2.02. The van der Waals surface area contributed by atoms with Gasteiger partial charge in [0.25, 0.3) is 0 Å². The van der Waals surface area contributed by atoms with Gasteiger partial charge in [0.15, 0.2) is 0 Å². The van der Waals surface area contributed by atoms with Crippen LogP contribution in [-0.4, -0.2) is 11.1 Å². The second kappa shape index (κ2) is 5.79. The summed E-state index contributed by atoms with van der Waals surface area (Å²) < 4.78 is 0. The van der Waals surface area contributed by atoms with Crippen molar-refractivity contribution in [3.8, 4) is 11.8 Å². The SMILES string of the molecule is CCC#CCC(CC)C(=O)O. The van der Waals surface area contributed by atoms with E-state index in [9.17, 15) is 4.79 Å². The van der Waals surface area contributed by atoms with Crippen LogP contribution in [0.25, 0.3) is 0 Å². The maximum Gasteiger partial charge on any atom is 0.307 e. The Bertz CT molecular complexity index is 174. The molecule has 1 atom stereocenters. The molecule has 0 aliphatic rings. The van der Waals surface area contributed by atoms with E-state index in [2.05, 4.69) is 11.8 Å². The topological polar surface area (TPSA) is 37.3 Å². The van der Waals surface area contributed by atoms with Gasteiger partial charge in [0.2, 0.25) is 0 Å². The van der Waals surface area contributed by atoms with E-state index in [1.807, 2.05) is 13.8 Å². The molecule has 0 aromatic carbocycles. The highest BCUT2D eigenvalue weighted by Crippen LogP contribution is 2.06. The molecule has 0 heterocycles. The van der Waals surface area contributed by atoms with E-state index in [-0.39, 0.29) is 5.92 Å². The number of carboxylic acids is 1. The molecule has 62 valence electrons. The molecule has 0 spiro atoms. The molecule has 1 N–H and O–H groups in total. The molecular weight excluding hydrogens is 140 g/mol. The van der Waals surface area contributed by atoms with E-state index in [1.54, 1.807) is 0 Å². The van der Waals surface area contributed by atoms with E-state index >= 15 is 0 Å². The highest BCUT2D eigenvalue weighted by Gasteiger charge is 2.12. The molecular formula is C9H14O2. The third-order valence-electron chi connectivity index (χ3n) is 1.49. The lowest BCUT2D eigenvalue weighted by molar-refractivity contribution is -0.141. The highest BCUT2D eigenvalue weighted by molar-refractivity contribution is 5.70. The predicted octanol–water partition coefficient (Wildman–Crippen LogP) is 1.90. The van der Waals surface area contributed by atoms with Crippen molar-refractivity contribution in [2.24, 2.45) is 5.92 Å². The van der Waals surface area contributed by atoms with E-state index in [0.29, 0.717) is 12.8 Å². The third kappa shape index (κ3) is 4.44. The van der Waals surface area contributed by atoms with Crippen molar-refractivity contribution in [1.29, 1.82) is 0 Å². The summed E-state index contributed by atoms with van der Waals surface area (Å²) in [5, 5.41) is 8.60. The first-order valence-electron chi connectivity index (χ1n) is 3.90. The zero-order valence-electron chi connectivity index (χ0n) is 7.05. The van der Waals surface area contributed by atoms with Crippen LogP contribution >= 0.6 is 0 Å². The second-order valence-electron chi connectivity index (χ2n) is 2.35. The first-order valence-corrected chi connectivity index (χ1v) is 3.90. The Morgan fingerprint density at radius 2 is 2.09 bits per heavy atom. The predicted molar refractivity (Wildman–Crippen MR) is 44.1 cm³/mol. The van der Waals surface area contributed by atoms with E-state index in [4.69, 9.17) is 5.11 Å². The molecule has 0 aromatic rings. The van der Waals surface area contributed by atoms with E-state index < -0.39 is 5.97 Å². The minimum absolute atomic E-state index is 0.283. The summed E-state index contributed by atoms with van der Waals surface area (Å²) in [6.07, 6.45) is 1.95. The van der Waals surface area contributed by atoms with Crippen LogP contribution in [0.3, 0.4) is 0 Å². The summed E-state index contributed by atoms with van der Waals surface area (Å²) >= 11 is 0. The first-order chi connectivity index (χ1) is 5.22. The smallest absolute Gasteiger partial charge is 0.307 e. The molecule has 0 amide bonds. The molecule has 0 bridgehead atoms. The molecule has 0 rings (SSSR count). The molecule has 1 unspecified atom stereocenters. The van der Waals surface area contributed by atoms with Crippen molar-refractivity contribution in [3.63, 3.8) is 0 Å². The molecule has 0 aliphatic heterocycles. The quantitative estimate of drug-likeness (QED) is 0.630. The summed E-state index contributed by atoms with van der Waals surface area (Å²) in [4.78, 5) is 10.5. The Labute approximate surface area is 67.6 Å². The zero-order valence-corrected chi connectivity index (χ0v) is 7.05. The molecule has 0 radical (unpaired) electrons. The van der Waals surface area contributed by atoms with Crippen LogP contribution in [0, 0.1) is 17.8 Å². The minimum Gasteiger partial charge on any atom is -0.481 e. The zero-order chi connectivity index (χ0) is 8.69. The van der Waals surface area contributed by atoms with E-state index in [0.717, 1.165) is 6.42 Å². The van der Waals surface area contributed by atoms with Crippen molar-refractivity contribution >= 4 is 5.97 Å². The molecule has 2 heteroatoms. The Morgan fingerprint density at radius 1 is 1.45 bits per heavy atom. The Hall–Kier alpha value is -0.970. The fourth-order valence-electron chi connectivity index (χ4n) is 0.727. The van der Waals surface area contributed by atoms with Crippen LogP contribution in [0.1, 0.15) is 33.1 Å². The second-order valence-corrected chi connectivity index (χ2v) is 2.35. The van der Waals surface area contributed by atoms with Crippen molar-refractivity contribution in [2.75, 3.05) is 0 Å². The number of hydrogen-bond donors (Lipinski definition) is 1. The maximum absolute atomic E-state index is 10.5. The average Bonchev–Trinajstić information content (AvgIpc) is 1.97. The number of carboxylic acid groups (broad SMARTS) is 1. The molecule has 0 aromatic heterocycles. The summed E-state index contributed by atoms with van der Waals surface area (Å²) in [5.41, 5.74) is 0. The number of aliphatic carboxylic acids is 1. The van der Waals surface area contributed by atoms with Crippen molar-refractivity contribution in [3.05, 3.63) is 0 Å². The molecule has 0 saturated carbocycles. The molecule has 2 nitrogen and oxygen atoms in total. The van der Waals surface area contributed by atoms with Gasteiger partial charge in [-0.2, -0.15) is 0 Å². The summed E-state index contributed by atoms with van der Waals surface area (Å²) in [7, 11) is 0. The van der Waals surface area contributed by atoms with Gasteiger partial charge in [-0.05, 0) is 6.42 Å². The van der Waals surface area contributed by atoms with Crippen LogP contribution in [0.2, 0.25) is 0 Å². The molecule has 0 fully saturated rings. The Kier molecular flexibility index (Phi) is 5.28. The van der Waals surface area contributed by atoms with Gasteiger partial charge in [-0.25, -0.2) is 0 Å². The third-order valence-corrected chi connectivity index (χ3v) is 1.49. The minimum atomic E-state index is -0.738. The van der Waals surface area contributed by atoms with Crippen LogP contribution < -0.4 is 0 Å². The standard InChI is InChI=1S/C9H14O2/c1-3-5-6-7-8(4-2)9(10)11/h8H,3-4,7H2,1-2H3,(H,10,11). The fraction of sp³-hybridized carbons (Fsp3) is 0.667. The van der Waals surface area contributed by atoms with Gasteiger partial charge in [-0.1, -0.05) is 13.8 Å². The van der Waals surface area contributed by atoms with Gasteiger partial charge in [-0.3, -0.25) is 4.79 Å². The number of carbonyl (C=O) groups is 1. The monoisotopic (exact) mass is 154 g/mol. The molecule has 0 saturated heterocycles. The highest BCUT2D eigenvalue weighted by atomic mass is 16.4. The van der Waals surface area contributed by atoms with Gasteiger partial charge in [0, 0.05) is 12.8 Å². The van der Waals surface area contributed by atoms with Gasteiger partial charge < -0.3 is 5.11 Å². The van der Waals surface area contributed by atoms with Crippen LogP contribution in [0.4, 0.5) is 0 Å². The van der Waals surface area contributed by atoms with Gasteiger partial charge in [-0.15, -0.1) is 11.8 Å². The van der Waals surface area contributed by atoms with Crippen LogP contribution in [0.5, 0.6) is 0 Å². The summed E-state index contributed by atoms with van der Waals surface area (Å²) in [5.74, 6) is 4.67. The van der Waals surface area contributed by atoms with Crippen LogP contribution in [-0.2, 0) is 4.79 Å². The van der Waals surface area contributed by atoms with Gasteiger partial charge in [0.1, 0.15) is 0 Å². The first kappa shape index (κ1) is 10.0. The lowest BCUT2D eigenvalue weighted by atomic mass is 10.0. The molecule has 11 heavy (non-hydrogen) atoms. The Morgan fingerprint density at radius 3 is 2.45 bits per heavy atom. The summed E-state index contributed by atoms with van der Waals surface area (Å²) in [6.45, 7) is 3.82. The number of hydrogen-bond acceptors (Lipinski definition) is 1. The van der Waals surface area contributed by atoms with Crippen molar-refractivity contribution in [1.82, 2.24) is 0 Å². The normalized spacial score (nSPS) is 11.5. The van der Waals surface area contributed by atoms with Crippen LogP contribution in [0.15, 0.2) is 0 Å². The maximum atomic E-state index is 10.5. The number of rotatable bonds is 3. The average molecular weight is 154 g/mol. The lowest BCUT2D eigenvalue weighted by Crippen LogP contribution is -2.11. The van der Waals surface area contributed by atoms with Gasteiger partial charge >= 0.3 is 5.97 Å². The van der Waals surface area contributed by atoms with Crippen molar-refractivity contribution < 1.29 is 9.90 Å². The fourth-order valence-corrected chi connectivity index (χ4v) is 0.727. The molecule has 0 aliphatic carbocycles. The largest absolute Gasteiger partial charge is 0.481 e.